The first-order chi connectivity index (χ1) is 6.51. The summed E-state index contributed by atoms with van der Waals surface area (Å²) in [5.41, 5.74) is 0.707. The molecule has 0 bridgehead atoms. The fourth-order valence-electron chi connectivity index (χ4n) is 3.94. The van der Waals surface area contributed by atoms with E-state index in [9.17, 15) is 0 Å². The van der Waals surface area contributed by atoms with Crippen LogP contribution in [0.1, 0.15) is 59.8 Å². The molecule has 0 amide bonds. The van der Waals surface area contributed by atoms with E-state index in [4.69, 9.17) is 0 Å². The van der Waals surface area contributed by atoms with E-state index in [2.05, 4.69) is 27.7 Å². The maximum Gasteiger partial charge on any atom is -0.0295 e. The zero-order valence-corrected chi connectivity index (χ0v) is 10.3. The standard InChI is InChI=1S/C14H26/c1-10-5-6-14(4)9-12(3)11(2)8-13(14)7-10/h10-13H,5-9H2,1-4H3. The van der Waals surface area contributed by atoms with Gasteiger partial charge in [-0.25, -0.2) is 0 Å². The lowest BCUT2D eigenvalue weighted by Crippen LogP contribution is -2.41. The summed E-state index contributed by atoms with van der Waals surface area (Å²) in [6.45, 7) is 9.93. The number of hydrogen-bond acceptors (Lipinski definition) is 0. The monoisotopic (exact) mass is 194 g/mol. The Morgan fingerprint density at radius 1 is 1.00 bits per heavy atom. The van der Waals surface area contributed by atoms with Crippen molar-refractivity contribution in [2.45, 2.75) is 59.8 Å². The zero-order valence-electron chi connectivity index (χ0n) is 10.3. The average molecular weight is 194 g/mol. The third-order valence-corrected chi connectivity index (χ3v) is 5.30. The molecule has 2 rings (SSSR count). The van der Waals surface area contributed by atoms with Gasteiger partial charge < -0.3 is 0 Å². The van der Waals surface area contributed by atoms with Crippen molar-refractivity contribution in [3.8, 4) is 0 Å². The van der Waals surface area contributed by atoms with E-state index in [1.54, 1.807) is 0 Å². The molecule has 2 aliphatic rings. The molecular weight excluding hydrogens is 168 g/mol. The van der Waals surface area contributed by atoms with Crippen molar-refractivity contribution in [1.82, 2.24) is 0 Å². The Kier molecular flexibility index (Phi) is 2.66. The van der Waals surface area contributed by atoms with Gasteiger partial charge in [0.25, 0.3) is 0 Å². The molecule has 2 saturated carbocycles. The van der Waals surface area contributed by atoms with E-state index < -0.39 is 0 Å². The minimum absolute atomic E-state index is 0.707. The van der Waals surface area contributed by atoms with Gasteiger partial charge in [-0.3, -0.25) is 0 Å². The lowest BCUT2D eigenvalue weighted by Gasteiger charge is -2.51. The Morgan fingerprint density at radius 2 is 1.71 bits per heavy atom. The molecule has 0 N–H and O–H groups in total. The summed E-state index contributed by atoms with van der Waals surface area (Å²) >= 11 is 0. The number of hydrogen-bond donors (Lipinski definition) is 0. The van der Waals surface area contributed by atoms with Crippen molar-refractivity contribution >= 4 is 0 Å². The second-order valence-corrected chi connectivity index (χ2v) is 6.62. The molecule has 0 saturated heterocycles. The van der Waals surface area contributed by atoms with Gasteiger partial charge in [-0.15, -0.1) is 0 Å². The molecule has 2 aliphatic carbocycles. The highest BCUT2D eigenvalue weighted by atomic mass is 14.5. The van der Waals surface area contributed by atoms with Crippen LogP contribution in [-0.2, 0) is 0 Å². The molecule has 0 aromatic rings. The fourth-order valence-corrected chi connectivity index (χ4v) is 3.94. The van der Waals surface area contributed by atoms with Crippen molar-refractivity contribution < 1.29 is 0 Å². The highest BCUT2D eigenvalue weighted by Gasteiger charge is 2.44. The summed E-state index contributed by atoms with van der Waals surface area (Å²) in [7, 11) is 0. The van der Waals surface area contributed by atoms with Gasteiger partial charge in [-0.05, 0) is 54.8 Å². The molecule has 14 heavy (non-hydrogen) atoms. The van der Waals surface area contributed by atoms with E-state index in [0.717, 1.165) is 23.7 Å². The molecule has 2 fully saturated rings. The summed E-state index contributed by atoms with van der Waals surface area (Å²) < 4.78 is 0. The zero-order chi connectivity index (χ0) is 10.3. The predicted octanol–water partition coefficient (Wildman–Crippen LogP) is 4.49. The van der Waals surface area contributed by atoms with Crippen molar-refractivity contribution in [2.75, 3.05) is 0 Å². The first-order valence-corrected chi connectivity index (χ1v) is 6.51. The van der Waals surface area contributed by atoms with Gasteiger partial charge in [-0.2, -0.15) is 0 Å². The molecule has 0 aromatic heterocycles. The summed E-state index contributed by atoms with van der Waals surface area (Å²) in [5.74, 6) is 3.97. The molecule has 5 atom stereocenters. The highest BCUT2D eigenvalue weighted by molar-refractivity contribution is 4.94. The van der Waals surface area contributed by atoms with Crippen molar-refractivity contribution in [3.05, 3.63) is 0 Å². The van der Waals surface area contributed by atoms with E-state index in [0.29, 0.717) is 5.41 Å². The maximum atomic E-state index is 2.56. The Balaban J connectivity index is 2.10. The minimum atomic E-state index is 0.707. The third kappa shape index (κ3) is 1.73. The fraction of sp³-hybridized carbons (Fsp3) is 1.00. The van der Waals surface area contributed by atoms with Gasteiger partial charge in [0.15, 0.2) is 0 Å². The second kappa shape index (κ2) is 3.54. The van der Waals surface area contributed by atoms with Gasteiger partial charge in [0.1, 0.15) is 0 Å². The van der Waals surface area contributed by atoms with E-state index in [-0.39, 0.29) is 0 Å². The molecule has 0 spiro atoms. The first kappa shape index (κ1) is 10.5. The maximum absolute atomic E-state index is 2.56. The van der Waals surface area contributed by atoms with Crippen LogP contribution >= 0.6 is 0 Å². The summed E-state index contributed by atoms with van der Waals surface area (Å²) in [5, 5.41) is 0. The Labute approximate surface area is 89.5 Å². The minimum Gasteiger partial charge on any atom is -0.0625 e. The molecule has 82 valence electrons. The second-order valence-electron chi connectivity index (χ2n) is 6.62. The van der Waals surface area contributed by atoms with Crippen LogP contribution in [0.15, 0.2) is 0 Å². The topological polar surface area (TPSA) is 0 Å². The molecular formula is C14H26. The van der Waals surface area contributed by atoms with Gasteiger partial charge >= 0.3 is 0 Å². The lowest BCUT2D eigenvalue weighted by molar-refractivity contribution is -0.00643. The summed E-state index contributed by atoms with van der Waals surface area (Å²) in [6, 6.07) is 0. The van der Waals surface area contributed by atoms with E-state index in [1.807, 2.05) is 0 Å². The van der Waals surface area contributed by atoms with Crippen LogP contribution in [0.2, 0.25) is 0 Å². The van der Waals surface area contributed by atoms with Gasteiger partial charge in [0, 0.05) is 0 Å². The number of fused-ring (bicyclic) bond motifs is 1. The van der Waals surface area contributed by atoms with Gasteiger partial charge in [0.2, 0.25) is 0 Å². The van der Waals surface area contributed by atoms with Gasteiger partial charge in [-0.1, -0.05) is 34.1 Å². The van der Waals surface area contributed by atoms with Crippen LogP contribution in [0.4, 0.5) is 0 Å². The molecule has 0 heterocycles. The van der Waals surface area contributed by atoms with Crippen LogP contribution in [0.5, 0.6) is 0 Å². The molecule has 5 unspecified atom stereocenters. The molecule has 0 aliphatic heterocycles. The molecule has 0 nitrogen and oxygen atoms in total. The van der Waals surface area contributed by atoms with Crippen LogP contribution in [-0.4, -0.2) is 0 Å². The van der Waals surface area contributed by atoms with Crippen molar-refractivity contribution in [3.63, 3.8) is 0 Å². The smallest absolute Gasteiger partial charge is 0.0295 e. The van der Waals surface area contributed by atoms with E-state index >= 15 is 0 Å². The van der Waals surface area contributed by atoms with Gasteiger partial charge in [0.05, 0.1) is 0 Å². The van der Waals surface area contributed by atoms with Crippen LogP contribution in [0.3, 0.4) is 0 Å². The Bertz CT molecular complexity index is 208. The van der Waals surface area contributed by atoms with Crippen LogP contribution in [0.25, 0.3) is 0 Å². The van der Waals surface area contributed by atoms with Crippen LogP contribution in [0, 0.1) is 29.1 Å². The first-order valence-electron chi connectivity index (χ1n) is 6.51. The quantitative estimate of drug-likeness (QED) is 0.533. The van der Waals surface area contributed by atoms with Crippen molar-refractivity contribution in [1.29, 1.82) is 0 Å². The molecule has 0 radical (unpaired) electrons. The lowest BCUT2D eigenvalue weighted by atomic mass is 9.54. The summed E-state index contributed by atoms with van der Waals surface area (Å²) in [4.78, 5) is 0. The largest absolute Gasteiger partial charge is 0.0625 e. The third-order valence-electron chi connectivity index (χ3n) is 5.30. The Hall–Kier alpha value is 0. The van der Waals surface area contributed by atoms with E-state index in [1.165, 1.54) is 32.1 Å². The van der Waals surface area contributed by atoms with Crippen LogP contribution < -0.4 is 0 Å². The number of rotatable bonds is 0. The molecule has 0 heteroatoms. The summed E-state index contributed by atoms with van der Waals surface area (Å²) in [6.07, 6.45) is 7.48. The Morgan fingerprint density at radius 3 is 2.43 bits per heavy atom. The normalized spacial score (nSPS) is 54.0. The highest BCUT2D eigenvalue weighted by Crippen LogP contribution is 2.54. The SMILES string of the molecule is CC1CCC2(C)CC(C)C(C)CC2C1. The average Bonchev–Trinajstić information content (AvgIpc) is 2.10. The predicted molar refractivity (Wildman–Crippen MR) is 62.2 cm³/mol. The molecule has 0 aromatic carbocycles. The van der Waals surface area contributed by atoms with Crippen molar-refractivity contribution in [2.24, 2.45) is 29.1 Å².